The Morgan fingerprint density at radius 2 is 1.77 bits per heavy atom. The molecule has 0 aliphatic carbocycles. The average molecular weight is 543 g/mol. The van der Waals surface area contributed by atoms with Gasteiger partial charge in [-0.2, -0.15) is 13.2 Å². The monoisotopic (exact) mass is 542 g/mol. The van der Waals surface area contributed by atoms with Crippen LogP contribution in [0.2, 0.25) is 0 Å². The molecule has 39 heavy (non-hydrogen) atoms. The number of aryl methyl sites for hydroxylation is 1. The third-order valence-corrected chi connectivity index (χ3v) is 7.65. The summed E-state index contributed by atoms with van der Waals surface area (Å²) >= 11 is 0. The molecule has 0 N–H and O–H groups in total. The van der Waals surface area contributed by atoms with Gasteiger partial charge >= 0.3 is 11.9 Å². The molecule has 0 unspecified atom stereocenters. The van der Waals surface area contributed by atoms with E-state index in [-0.39, 0.29) is 30.7 Å². The van der Waals surface area contributed by atoms with Crippen molar-refractivity contribution in [3.63, 3.8) is 0 Å². The molecule has 0 saturated carbocycles. The van der Waals surface area contributed by atoms with Gasteiger partial charge in [0.25, 0.3) is 0 Å². The fraction of sp³-hybridized carbons (Fsp3) is 0.500. The molecule has 0 spiro atoms. The second-order valence-electron chi connectivity index (χ2n) is 10.6. The van der Waals surface area contributed by atoms with Crippen LogP contribution in [0, 0.1) is 5.92 Å². The lowest BCUT2D eigenvalue weighted by Gasteiger charge is -2.32. The van der Waals surface area contributed by atoms with E-state index in [0.717, 1.165) is 27.7 Å². The smallest absolute Gasteiger partial charge is 0.371 e. The number of hydrogen-bond acceptors (Lipinski definition) is 6. The molecular formula is C28H33F3N6O2. The van der Waals surface area contributed by atoms with Gasteiger partial charge in [0.1, 0.15) is 5.52 Å². The van der Waals surface area contributed by atoms with E-state index in [9.17, 15) is 18.0 Å². The van der Waals surface area contributed by atoms with Gasteiger partial charge in [-0.1, -0.05) is 12.1 Å². The molecule has 1 fully saturated rings. The SMILES string of the molecule is CC(C)n1c(=O)n(C)c2nnc3ccc(-c4ccc([C@@H](C)OCCN5CCC(C(F)(F)F)CC5)nc4)cc3c21. The van der Waals surface area contributed by atoms with Gasteiger partial charge in [0, 0.05) is 36.8 Å². The summed E-state index contributed by atoms with van der Waals surface area (Å²) in [5.41, 5.74) is 4.53. The first-order valence-electron chi connectivity index (χ1n) is 13.3. The van der Waals surface area contributed by atoms with E-state index in [4.69, 9.17) is 4.74 Å². The van der Waals surface area contributed by atoms with Gasteiger partial charge in [-0.15, -0.1) is 10.2 Å². The van der Waals surface area contributed by atoms with Crippen molar-refractivity contribution in [2.45, 2.75) is 51.9 Å². The number of hydrogen-bond donors (Lipinski definition) is 0. The van der Waals surface area contributed by atoms with Gasteiger partial charge in [-0.25, -0.2) is 4.79 Å². The minimum absolute atomic E-state index is 0.0357. The summed E-state index contributed by atoms with van der Waals surface area (Å²) in [6.07, 6.45) is -2.25. The summed E-state index contributed by atoms with van der Waals surface area (Å²) < 4.78 is 47.8. The minimum atomic E-state index is -4.10. The lowest BCUT2D eigenvalue weighted by atomic mass is 9.96. The topological polar surface area (TPSA) is 78.1 Å². The van der Waals surface area contributed by atoms with E-state index < -0.39 is 12.1 Å². The molecule has 208 valence electrons. The Morgan fingerprint density at radius 3 is 2.41 bits per heavy atom. The number of imidazole rings is 1. The minimum Gasteiger partial charge on any atom is -0.371 e. The van der Waals surface area contributed by atoms with Crippen molar-refractivity contribution < 1.29 is 17.9 Å². The van der Waals surface area contributed by atoms with E-state index in [1.165, 1.54) is 4.57 Å². The fourth-order valence-electron chi connectivity index (χ4n) is 5.30. The highest BCUT2D eigenvalue weighted by Crippen LogP contribution is 2.34. The number of ether oxygens (including phenoxy) is 1. The van der Waals surface area contributed by atoms with Crippen LogP contribution in [0.4, 0.5) is 13.2 Å². The van der Waals surface area contributed by atoms with E-state index >= 15 is 0 Å². The number of pyridine rings is 1. The predicted molar refractivity (Wildman–Crippen MR) is 143 cm³/mol. The Kier molecular flexibility index (Phi) is 7.47. The molecule has 4 aromatic rings. The molecule has 11 heteroatoms. The second kappa shape index (κ2) is 10.7. The molecule has 0 bridgehead atoms. The first-order chi connectivity index (χ1) is 18.5. The molecule has 1 atom stereocenters. The van der Waals surface area contributed by atoms with Gasteiger partial charge in [0.05, 0.1) is 29.8 Å². The molecule has 1 aliphatic heterocycles. The van der Waals surface area contributed by atoms with Crippen molar-refractivity contribution in [1.82, 2.24) is 29.2 Å². The molecule has 4 heterocycles. The third-order valence-electron chi connectivity index (χ3n) is 7.65. The Bertz CT molecular complexity index is 1520. The van der Waals surface area contributed by atoms with E-state index in [0.29, 0.717) is 37.4 Å². The van der Waals surface area contributed by atoms with Crippen molar-refractivity contribution >= 4 is 22.1 Å². The standard InChI is InChI=1S/C28H33F3N6O2/c1-17(2)37-25-22-15-19(5-8-24(22)33-34-26(25)35(4)27(37)38)20-6-7-23(32-16-20)18(3)39-14-13-36-11-9-21(10-12-36)28(29,30)31/h5-8,15-18,21H,9-14H2,1-4H3/t18-/m1/s1. The second-order valence-corrected chi connectivity index (χ2v) is 10.6. The molecule has 1 aromatic carbocycles. The first kappa shape index (κ1) is 27.3. The Hall–Kier alpha value is -3.31. The Labute approximate surface area is 224 Å². The van der Waals surface area contributed by atoms with Crippen LogP contribution in [0.25, 0.3) is 33.2 Å². The van der Waals surface area contributed by atoms with E-state index in [2.05, 4.69) is 15.2 Å². The summed E-state index contributed by atoms with van der Waals surface area (Å²) in [7, 11) is 1.70. The number of benzene rings is 1. The zero-order chi connectivity index (χ0) is 27.9. The van der Waals surface area contributed by atoms with Crippen LogP contribution in [0.1, 0.15) is 51.5 Å². The van der Waals surface area contributed by atoms with E-state index in [1.54, 1.807) is 17.8 Å². The lowest BCUT2D eigenvalue weighted by molar-refractivity contribution is -0.185. The number of likely N-dealkylation sites (tertiary alicyclic amines) is 1. The molecule has 1 aliphatic rings. The molecule has 8 nitrogen and oxygen atoms in total. The maximum Gasteiger partial charge on any atom is 0.391 e. The van der Waals surface area contributed by atoms with Crippen molar-refractivity contribution in [3.8, 4) is 11.1 Å². The highest BCUT2D eigenvalue weighted by molar-refractivity contribution is 6.02. The van der Waals surface area contributed by atoms with Crippen LogP contribution < -0.4 is 5.69 Å². The third kappa shape index (κ3) is 5.42. The van der Waals surface area contributed by atoms with Crippen LogP contribution in [0.3, 0.4) is 0 Å². The molecule has 5 rings (SSSR count). The molecule has 1 saturated heterocycles. The summed E-state index contributed by atoms with van der Waals surface area (Å²) in [4.78, 5) is 19.5. The van der Waals surface area contributed by atoms with Crippen LogP contribution in [-0.4, -0.2) is 61.6 Å². The Balaban J connectivity index is 1.27. The maximum atomic E-state index is 12.9. The van der Waals surface area contributed by atoms with Crippen LogP contribution >= 0.6 is 0 Å². The van der Waals surface area contributed by atoms with Crippen LogP contribution in [-0.2, 0) is 11.8 Å². The number of piperidine rings is 1. The number of aromatic nitrogens is 5. The zero-order valence-corrected chi connectivity index (χ0v) is 22.6. The van der Waals surface area contributed by atoms with Gasteiger partial charge in [-0.05, 0) is 70.5 Å². The van der Waals surface area contributed by atoms with Gasteiger partial charge in [-0.3, -0.25) is 14.1 Å². The fourth-order valence-corrected chi connectivity index (χ4v) is 5.30. The van der Waals surface area contributed by atoms with Crippen molar-refractivity contribution in [3.05, 3.63) is 52.7 Å². The highest BCUT2D eigenvalue weighted by atomic mass is 19.4. The van der Waals surface area contributed by atoms with Gasteiger partial charge < -0.3 is 9.64 Å². The zero-order valence-electron chi connectivity index (χ0n) is 22.6. The number of halogens is 3. The lowest BCUT2D eigenvalue weighted by Crippen LogP contribution is -2.40. The van der Waals surface area contributed by atoms with Crippen molar-refractivity contribution in [1.29, 1.82) is 0 Å². The summed E-state index contributed by atoms with van der Waals surface area (Å²) in [6.45, 7) is 7.77. The summed E-state index contributed by atoms with van der Waals surface area (Å²) in [5, 5.41) is 9.47. The molecule has 3 aromatic heterocycles. The molecule has 0 amide bonds. The summed E-state index contributed by atoms with van der Waals surface area (Å²) in [6, 6.07) is 9.75. The highest BCUT2D eigenvalue weighted by Gasteiger charge is 2.40. The van der Waals surface area contributed by atoms with Gasteiger partial charge in [0.2, 0.25) is 0 Å². The summed E-state index contributed by atoms with van der Waals surface area (Å²) in [5.74, 6) is -1.19. The maximum absolute atomic E-state index is 12.9. The van der Waals surface area contributed by atoms with E-state index in [1.807, 2.05) is 56.0 Å². The van der Waals surface area contributed by atoms with Crippen molar-refractivity contribution in [2.75, 3.05) is 26.2 Å². The van der Waals surface area contributed by atoms with Crippen LogP contribution in [0.5, 0.6) is 0 Å². The van der Waals surface area contributed by atoms with Gasteiger partial charge in [0.15, 0.2) is 5.65 Å². The quantitative estimate of drug-likeness (QED) is 0.316. The number of alkyl halides is 3. The first-order valence-corrected chi connectivity index (χ1v) is 13.3. The largest absolute Gasteiger partial charge is 0.391 e. The van der Waals surface area contributed by atoms with Crippen molar-refractivity contribution in [2.24, 2.45) is 13.0 Å². The average Bonchev–Trinajstić information content (AvgIpc) is 3.18. The molecular weight excluding hydrogens is 509 g/mol. The van der Waals surface area contributed by atoms with Crippen LogP contribution in [0.15, 0.2) is 41.3 Å². The number of rotatable bonds is 7. The number of nitrogens with zero attached hydrogens (tertiary/aromatic N) is 6. The Morgan fingerprint density at radius 1 is 1.05 bits per heavy atom. The number of fused-ring (bicyclic) bond motifs is 3. The molecule has 0 radical (unpaired) electrons. The predicted octanol–water partition coefficient (Wildman–Crippen LogP) is 5.28. The normalized spacial score (nSPS) is 16.5.